The molecule has 0 radical (unpaired) electrons. The van der Waals surface area contributed by atoms with Gasteiger partial charge in [0, 0.05) is 18.0 Å². The zero-order chi connectivity index (χ0) is 17.8. The maximum absolute atomic E-state index is 12.7. The molecule has 1 aliphatic heterocycles. The van der Waals surface area contributed by atoms with E-state index < -0.39 is 6.04 Å². The molecule has 1 heterocycles. The van der Waals surface area contributed by atoms with Gasteiger partial charge in [-0.05, 0) is 30.2 Å². The number of anilines is 1. The molecular formula is C19H19ClN2O3. The summed E-state index contributed by atoms with van der Waals surface area (Å²) in [7, 11) is 1.53. The Hall–Kier alpha value is -2.53. The maximum Gasteiger partial charge on any atom is 0.247 e. The average molecular weight is 359 g/mol. The summed E-state index contributed by atoms with van der Waals surface area (Å²) in [4.78, 5) is 26.6. The average Bonchev–Trinajstić information content (AvgIpc) is 2.97. The number of nitrogens with one attached hydrogen (secondary N) is 1. The number of halogens is 1. The van der Waals surface area contributed by atoms with Gasteiger partial charge < -0.3 is 15.0 Å². The molecule has 0 bridgehead atoms. The number of carbonyl (C=O) groups is 2. The van der Waals surface area contributed by atoms with Gasteiger partial charge in [0.2, 0.25) is 11.8 Å². The quantitative estimate of drug-likeness (QED) is 0.890. The zero-order valence-corrected chi connectivity index (χ0v) is 14.6. The van der Waals surface area contributed by atoms with E-state index >= 15 is 0 Å². The standard InChI is InChI=1S/C19H19ClN2O3/c1-25-17-9-7-14(20)11-15(17)21-19(24)16-8-10-18(23)22(16)12-13-5-3-2-4-6-13/h2-7,9,11,16H,8,10,12H2,1H3,(H,21,24). The Bertz CT molecular complexity index is 779. The molecule has 130 valence electrons. The number of amides is 2. The minimum absolute atomic E-state index is 0.0120. The maximum atomic E-state index is 12.7. The normalized spacial score (nSPS) is 16.8. The van der Waals surface area contributed by atoms with Crippen LogP contribution >= 0.6 is 11.6 Å². The Kier molecular flexibility index (Phi) is 5.24. The van der Waals surface area contributed by atoms with Gasteiger partial charge in [-0.2, -0.15) is 0 Å². The van der Waals surface area contributed by atoms with Gasteiger partial charge in [-0.3, -0.25) is 9.59 Å². The van der Waals surface area contributed by atoms with Crippen LogP contribution in [-0.2, 0) is 16.1 Å². The van der Waals surface area contributed by atoms with Gasteiger partial charge in [0.05, 0.1) is 12.8 Å². The van der Waals surface area contributed by atoms with E-state index in [0.717, 1.165) is 5.56 Å². The fraction of sp³-hybridized carbons (Fsp3) is 0.263. The number of methoxy groups -OCH3 is 1. The molecule has 5 nitrogen and oxygen atoms in total. The first-order valence-electron chi connectivity index (χ1n) is 8.06. The number of nitrogens with zero attached hydrogens (tertiary/aromatic N) is 1. The highest BCUT2D eigenvalue weighted by molar-refractivity contribution is 6.31. The van der Waals surface area contributed by atoms with Crippen LogP contribution in [0, 0.1) is 0 Å². The van der Waals surface area contributed by atoms with Gasteiger partial charge in [0.1, 0.15) is 11.8 Å². The summed E-state index contributed by atoms with van der Waals surface area (Å²) in [5.41, 5.74) is 1.50. The molecule has 0 aromatic heterocycles. The molecule has 25 heavy (non-hydrogen) atoms. The van der Waals surface area contributed by atoms with Crippen molar-refractivity contribution in [3.05, 3.63) is 59.1 Å². The molecule has 1 unspecified atom stereocenters. The van der Waals surface area contributed by atoms with Crippen LogP contribution in [0.5, 0.6) is 5.75 Å². The van der Waals surface area contributed by atoms with Crippen molar-refractivity contribution in [1.82, 2.24) is 4.90 Å². The van der Waals surface area contributed by atoms with Gasteiger partial charge in [-0.25, -0.2) is 0 Å². The van der Waals surface area contributed by atoms with E-state index in [9.17, 15) is 9.59 Å². The van der Waals surface area contributed by atoms with Crippen molar-refractivity contribution in [1.29, 1.82) is 0 Å². The SMILES string of the molecule is COc1ccc(Cl)cc1NC(=O)C1CCC(=O)N1Cc1ccccc1. The van der Waals surface area contributed by atoms with Gasteiger partial charge in [0.15, 0.2) is 0 Å². The number of ether oxygens (including phenoxy) is 1. The molecule has 1 saturated heterocycles. The minimum Gasteiger partial charge on any atom is -0.495 e. The van der Waals surface area contributed by atoms with E-state index in [1.807, 2.05) is 30.3 Å². The molecule has 1 N–H and O–H groups in total. The molecule has 2 amide bonds. The predicted molar refractivity (Wildman–Crippen MR) is 96.6 cm³/mol. The topological polar surface area (TPSA) is 58.6 Å². The number of benzene rings is 2. The van der Waals surface area contributed by atoms with Crippen molar-refractivity contribution in [3.63, 3.8) is 0 Å². The second-order valence-corrected chi connectivity index (χ2v) is 6.33. The molecule has 1 aliphatic rings. The van der Waals surface area contributed by atoms with Gasteiger partial charge in [-0.15, -0.1) is 0 Å². The van der Waals surface area contributed by atoms with Crippen molar-refractivity contribution in [2.45, 2.75) is 25.4 Å². The highest BCUT2D eigenvalue weighted by atomic mass is 35.5. The van der Waals surface area contributed by atoms with Crippen molar-refractivity contribution < 1.29 is 14.3 Å². The van der Waals surface area contributed by atoms with E-state index in [-0.39, 0.29) is 11.8 Å². The van der Waals surface area contributed by atoms with Crippen LogP contribution in [-0.4, -0.2) is 29.9 Å². The summed E-state index contributed by atoms with van der Waals surface area (Å²) >= 11 is 6.00. The Morgan fingerprint density at radius 3 is 2.76 bits per heavy atom. The molecule has 1 fully saturated rings. The molecule has 0 saturated carbocycles. The Balaban J connectivity index is 1.76. The summed E-state index contributed by atoms with van der Waals surface area (Å²) in [5, 5.41) is 3.34. The Labute approximate surface area is 151 Å². The lowest BCUT2D eigenvalue weighted by atomic mass is 10.1. The minimum atomic E-state index is -0.503. The fourth-order valence-corrected chi connectivity index (χ4v) is 3.15. The van der Waals surface area contributed by atoms with E-state index in [1.165, 1.54) is 7.11 Å². The number of carbonyl (C=O) groups excluding carboxylic acids is 2. The first-order chi connectivity index (χ1) is 12.1. The van der Waals surface area contributed by atoms with E-state index in [4.69, 9.17) is 16.3 Å². The molecule has 6 heteroatoms. The van der Waals surface area contributed by atoms with Crippen LogP contribution in [0.1, 0.15) is 18.4 Å². The largest absolute Gasteiger partial charge is 0.495 e. The van der Waals surface area contributed by atoms with Crippen LogP contribution < -0.4 is 10.1 Å². The van der Waals surface area contributed by atoms with Crippen LogP contribution in [0.2, 0.25) is 5.02 Å². The smallest absolute Gasteiger partial charge is 0.247 e. The molecule has 0 aliphatic carbocycles. The zero-order valence-electron chi connectivity index (χ0n) is 13.9. The molecular weight excluding hydrogens is 340 g/mol. The lowest BCUT2D eigenvalue weighted by Crippen LogP contribution is -2.41. The summed E-state index contributed by atoms with van der Waals surface area (Å²) in [6, 6.07) is 14.2. The Morgan fingerprint density at radius 2 is 2.04 bits per heavy atom. The number of likely N-dealkylation sites (tertiary alicyclic amines) is 1. The second kappa shape index (κ2) is 7.57. The monoisotopic (exact) mass is 358 g/mol. The summed E-state index contributed by atoms with van der Waals surface area (Å²) in [6.07, 6.45) is 0.873. The third-order valence-electron chi connectivity index (χ3n) is 4.25. The lowest BCUT2D eigenvalue weighted by Gasteiger charge is -2.24. The third-order valence-corrected chi connectivity index (χ3v) is 4.48. The fourth-order valence-electron chi connectivity index (χ4n) is 2.98. The van der Waals surface area contributed by atoms with E-state index in [1.54, 1.807) is 23.1 Å². The van der Waals surface area contributed by atoms with Gasteiger partial charge in [0.25, 0.3) is 0 Å². The van der Waals surface area contributed by atoms with Crippen LogP contribution in [0.4, 0.5) is 5.69 Å². The van der Waals surface area contributed by atoms with Gasteiger partial charge >= 0.3 is 0 Å². The highest BCUT2D eigenvalue weighted by Crippen LogP contribution is 2.29. The predicted octanol–water partition coefficient (Wildman–Crippen LogP) is 3.48. The molecule has 2 aromatic rings. The highest BCUT2D eigenvalue weighted by Gasteiger charge is 2.36. The lowest BCUT2D eigenvalue weighted by molar-refractivity contribution is -0.133. The summed E-state index contributed by atoms with van der Waals surface area (Å²) in [5.74, 6) is 0.279. The summed E-state index contributed by atoms with van der Waals surface area (Å²) in [6.45, 7) is 0.421. The Morgan fingerprint density at radius 1 is 1.28 bits per heavy atom. The molecule has 0 spiro atoms. The first kappa shape index (κ1) is 17.3. The molecule has 1 atom stereocenters. The molecule has 2 aromatic carbocycles. The third kappa shape index (κ3) is 3.94. The number of rotatable bonds is 5. The van der Waals surface area contributed by atoms with Crippen LogP contribution in [0.3, 0.4) is 0 Å². The number of hydrogen-bond acceptors (Lipinski definition) is 3. The van der Waals surface area contributed by atoms with Crippen molar-refractivity contribution in [2.75, 3.05) is 12.4 Å². The van der Waals surface area contributed by atoms with Crippen molar-refractivity contribution >= 4 is 29.1 Å². The first-order valence-corrected chi connectivity index (χ1v) is 8.44. The second-order valence-electron chi connectivity index (χ2n) is 5.90. The van der Waals surface area contributed by atoms with E-state index in [0.29, 0.717) is 35.8 Å². The summed E-state index contributed by atoms with van der Waals surface area (Å²) < 4.78 is 5.25. The van der Waals surface area contributed by atoms with Crippen molar-refractivity contribution in [3.8, 4) is 5.75 Å². The van der Waals surface area contributed by atoms with Crippen molar-refractivity contribution in [2.24, 2.45) is 0 Å². The van der Waals surface area contributed by atoms with Crippen LogP contribution in [0.25, 0.3) is 0 Å². The van der Waals surface area contributed by atoms with Crippen LogP contribution in [0.15, 0.2) is 48.5 Å². The number of hydrogen-bond donors (Lipinski definition) is 1. The molecule has 3 rings (SSSR count). The van der Waals surface area contributed by atoms with Gasteiger partial charge in [-0.1, -0.05) is 41.9 Å². The van der Waals surface area contributed by atoms with E-state index in [2.05, 4.69) is 5.32 Å².